The molecule has 2 unspecified atom stereocenters. The van der Waals surface area contributed by atoms with Crippen LogP contribution in [0.3, 0.4) is 0 Å². The molecule has 0 spiro atoms. The van der Waals surface area contributed by atoms with E-state index in [9.17, 15) is 4.79 Å². The van der Waals surface area contributed by atoms with Gasteiger partial charge in [0.25, 0.3) is 7.48 Å². The fourth-order valence-corrected chi connectivity index (χ4v) is 2.31. The van der Waals surface area contributed by atoms with Crippen LogP contribution in [0.25, 0.3) is 0 Å². The maximum absolute atomic E-state index is 12.2. The van der Waals surface area contributed by atoms with Gasteiger partial charge in [0.2, 0.25) is 0 Å². The number of hydrogen-bond donors (Lipinski definition) is 0. The number of piperidine rings is 1. The number of nitrogens with zero attached hydrogens (tertiary/aromatic N) is 1. The molecule has 1 aliphatic rings. The summed E-state index contributed by atoms with van der Waals surface area (Å²) >= 11 is 0. The number of rotatable bonds is 4. The van der Waals surface area contributed by atoms with Gasteiger partial charge >= 0.3 is 75.0 Å². The molecule has 0 N–H and O–H groups in total. The number of amides is 1. The zero-order valence-electron chi connectivity index (χ0n) is 16.5. The molecule has 0 bridgehead atoms. The molecule has 127 valence electrons. The fourth-order valence-electron chi connectivity index (χ4n) is 2.31. The van der Waals surface area contributed by atoms with Crippen LogP contribution in [0.1, 0.15) is 68.2 Å². The Hall–Kier alpha value is 1.35. The molecule has 6 heteroatoms. The second-order valence-corrected chi connectivity index (χ2v) is 8.07. The van der Waals surface area contributed by atoms with E-state index < -0.39 is 5.60 Å². The molecule has 0 aromatic carbocycles. The van der Waals surface area contributed by atoms with Gasteiger partial charge in [-0.2, -0.15) is 13.8 Å². The van der Waals surface area contributed by atoms with Gasteiger partial charge in [0, 0.05) is 12.6 Å². The molecule has 1 radical (unpaired) electrons. The first-order chi connectivity index (χ1) is 9.92. The van der Waals surface area contributed by atoms with Crippen molar-refractivity contribution in [2.24, 2.45) is 0 Å². The molecule has 23 heavy (non-hydrogen) atoms. The van der Waals surface area contributed by atoms with E-state index in [1.807, 2.05) is 33.2 Å². The van der Waals surface area contributed by atoms with Crippen molar-refractivity contribution >= 4 is 13.6 Å². The van der Waals surface area contributed by atoms with Crippen LogP contribution in [0, 0.1) is 5.92 Å². The van der Waals surface area contributed by atoms with Crippen LogP contribution in [-0.4, -0.2) is 42.3 Å². The van der Waals surface area contributed by atoms with Crippen LogP contribution in [0.2, 0.25) is 5.82 Å². The van der Waals surface area contributed by atoms with E-state index in [2.05, 4.69) is 34.6 Å². The molecule has 4 nitrogen and oxygen atoms in total. The molecule has 1 aliphatic heterocycles. The summed E-state index contributed by atoms with van der Waals surface area (Å²) in [5, 5.41) is 0. The molecule has 1 heterocycles. The maximum Gasteiger partial charge on any atom is 1.00 e. The average molecular weight is 442 g/mol. The van der Waals surface area contributed by atoms with Gasteiger partial charge in [-0.15, -0.1) is 0 Å². The standard InChI is InChI=1S/C17H32BNO3.Cs/c1-12(2)17(7,8)22-18-14-9-10-19(13(3)11-14)15(20)21-16(4,5)6;/h13-14H,9-11H2,1-8H3;/q-1;+1. The van der Waals surface area contributed by atoms with Gasteiger partial charge in [0.1, 0.15) is 5.60 Å². The maximum atomic E-state index is 12.2. The van der Waals surface area contributed by atoms with Crippen molar-refractivity contribution < 1.29 is 83.1 Å². The van der Waals surface area contributed by atoms with Crippen LogP contribution in [0.5, 0.6) is 0 Å². The molecule has 0 aromatic heterocycles. The van der Waals surface area contributed by atoms with Crippen molar-refractivity contribution in [2.45, 2.75) is 91.3 Å². The summed E-state index contributed by atoms with van der Waals surface area (Å²) in [7, 11) is 1.97. The number of hydrogen-bond acceptors (Lipinski definition) is 3. The monoisotopic (exact) mass is 442 g/mol. The quantitative estimate of drug-likeness (QED) is 0.486. The van der Waals surface area contributed by atoms with Crippen molar-refractivity contribution in [3.63, 3.8) is 0 Å². The molecule has 2 atom stereocenters. The summed E-state index contributed by atoms with van der Waals surface area (Å²) < 4.78 is 11.4. The summed E-state index contributed by atoms with van der Waals surface area (Å²) in [4.78, 5) is 14.0. The summed E-state index contributed by atoms with van der Waals surface area (Å²) in [5.74, 6) is 1.63. The van der Waals surface area contributed by atoms with Crippen molar-refractivity contribution in [2.75, 3.05) is 6.54 Å². The number of carbonyl (C=O) groups is 1. The number of ether oxygens (including phenoxy) is 1. The molecular weight excluding hydrogens is 410 g/mol. The second-order valence-electron chi connectivity index (χ2n) is 8.07. The summed E-state index contributed by atoms with van der Waals surface area (Å²) in [5.41, 5.74) is -0.674. The Morgan fingerprint density at radius 3 is 2.22 bits per heavy atom. The van der Waals surface area contributed by atoms with E-state index in [0.717, 1.165) is 19.4 Å². The first-order valence-corrected chi connectivity index (χ1v) is 8.24. The molecule has 0 aliphatic carbocycles. The predicted molar refractivity (Wildman–Crippen MR) is 90.9 cm³/mol. The average Bonchev–Trinajstić information content (AvgIpc) is 2.34. The summed E-state index contributed by atoms with van der Waals surface area (Å²) in [6.07, 6.45) is 1.62. The zero-order valence-corrected chi connectivity index (χ0v) is 22.8. The van der Waals surface area contributed by atoms with Gasteiger partial charge in [-0.3, -0.25) is 5.92 Å². The second kappa shape index (κ2) is 9.88. The molecular formula is C17H32BCsNO3. The first-order valence-electron chi connectivity index (χ1n) is 8.24. The third kappa shape index (κ3) is 8.52. The summed E-state index contributed by atoms with van der Waals surface area (Å²) in [6, 6.07) is 0.170. The van der Waals surface area contributed by atoms with Gasteiger partial charge in [-0.25, -0.2) is 4.79 Å². The topological polar surface area (TPSA) is 38.8 Å². The Morgan fingerprint density at radius 2 is 1.78 bits per heavy atom. The first kappa shape index (κ1) is 24.3. The Morgan fingerprint density at radius 1 is 1.22 bits per heavy atom. The van der Waals surface area contributed by atoms with Crippen LogP contribution in [0.4, 0.5) is 4.79 Å². The van der Waals surface area contributed by atoms with Crippen molar-refractivity contribution in [1.29, 1.82) is 0 Å². The number of carbonyl (C=O) groups excluding carboxylic acids is 1. The van der Waals surface area contributed by atoms with Crippen LogP contribution in [-0.2, 0) is 9.39 Å². The number of likely N-dealkylation sites (tertiary alicyclic amines) is 1. The van der Waals surface area contributed by atoms with Gasteiger partial charge in [-0.05, 0) is 46.4 Å². The molecule has 0 aromatic rings. The van der Waals surface area contributed by atoms with E-state index in [-0.39, 0.29) is 86.6 Å². The SMILES string of the molecule is C[C-](C)C(C)(C)O[B]C1CCN(C(=O)OC(C)(C)C)C(C)C1.[Cs+]. The normalized spacial score (nSPS) is 22.6. The largest absolute Gasteiger partial charge is 1.00 e. The zero-order chi connectivity index (χ0) is 17.1. The van der Waals surface area contributed by atoms with Crippen molar-refractivity contribution in [3.05, 3.63) is 5.92 Å². The van der Waals surface area contributed by atoms with Crippen LogP contribution < -0.4 is 68.9 Å². The van der Waals surface area contributed by atoms with E-state index in [4.69, 9.17) is 9.39 Å². The van der Waals surface area contributed by atoms with Crippen molar-refractivity contribution in [1.82, 2.24) is 4.90 Å². The van der Waals surface area contributed by atoms with Gasteiger partial charge in [0.15, 0.2) is 0 Å². The minimum Gasteiger partial charge on any atom is -0.464 e. The van der Waals surface area contributed by atoms with Crippen LogP contribution in [0.15, 0.2) is 0 Å². The van der Waals surface area contributed by atoms with Gasteiger partial charge in [-0.1, -0.05) is 19.4 Å². The van der Waals surface area contributed by atoms with Crippen LogP contribution >= 0.6 is 0 Å². The van der Waals surface area contributed by atoms with Gasteiger partial charge in [0.05, 0.1) is 0 Å². The third-order valence-corrected chi connectivity index (χ3v) is 4.30. The minimum absolute atomic E-state index is 0. The smallest absolute Gasteiger partial charge is 0.464 e. The molecule has 1 fully saturated rings. The minimum atomic E-state index is -0.443. The Labute approximate surface area is 202 Å². The fraction of sp³-hybridized carbons (Fsp3) is 0.882. The van der Waals surface area contributed by atoms with E-state index in [1.54, 1.807) is 0 Å². The molecule has 0 saturated carbocycles. The molecule has 1 amide bonds. The molecule has 1 saturated heterocycles. The van der Waals surface area contributed by atoms with E-state index in [0.29, 0.717) is 5.82 Å². The Balaban J connectivity index is 0.00000484. The predicted octanol–water partition coefficient (Wildman–Crippen LogP) is 1.23. The van der Waals surface area contributed by atoms with Gasteiger partial charge < -0.3 is 14.3 Å². The Bertz CT molecular complexity index is 383. The van der Waals surface area contributed by atoms with Crippen molar-refractivity contribution in [3.8, 4) is 0 Å². The Kier molecular flexibility index (Phi) is 10.5. The van der Waals surface area contributed by atoms with E-state index in [1.165, 1.54) is 5.92 Å². The summed E-state index contributed by atoms with van der Waals surface area (Å²) in [6.45, 7) is 16.8. The molecule has 1 rings (SSSR count). The third-order valence-electron chi connectivity index (χ3n) is 4.30. The van der Waals surface area contributed by atoms with E-state index >= 15 is 0 Å².